The summed E-state index contributed by atoms with van der Waals surface area (Å²) in [6.45, 7) is 0.167. The molecule has 90 valence electrons. The molecule has 0 atom stereocenters. The summed E-state index contributed by atoms with van der Waals surface area (Å²) >= 11 is 0. The number of carboxylic acids is 1. The average Bonchev–Trinajstić information content (AvgIpc) is 2.71. The number of fused-ring (bicyclic) bond motifs is 1. The summed E-state index contributed by atoms with van der Waals surface area (Å²) in [4.78, 5) is 18.4. The number of benzene rings is 1. The van der Waals surface area contributed by atoms with Crippen LogP contribution >= 0.6 is 0 Å². The van der Waals surface area contributed by atoms with Gasteiger partial charge in [-0.1, -0.05) is 6.07 Å². The molecule has 3 N–H and O–H groups in total. The zero-order chi connectivity index (χ0) is 12.3. The quantitative estimate of drug-likeness (QED) is 0.685. The lowest BCUT2D eigenvalue weighted by molar-refractivity contribution is 0.0699. The van der Waals surface area contributed by atoms with Gasteiger partial charge in [0.05, 0.1) is 11.1 Å². The molecule has 0 unspecified atom stereocenters. The summed E-state index contributed by atoms with van der Waals surface area (Å²) in [5.41, 5.74) is 1.45. The second-order valence-electron chi connectivity index (χ2n) is 3.87. The van der Waals surface area contributed by atoms with Crippen LogP contribution in [0.4, 0.5) is 0 Å². The number of aromatic amines is 1. The van der Waals surface area contributed by atoms with Gasteiger partial charge in [0.2, 0.25) is 0 Å². The molecule has 0 spiro atoms. The first kappa shape index (κ1) is 11.6. The molecule has 0 aliphatic carbocycles. The number of aryl methyl sites for hydroxylation is 1. The molecule has 2 aromatic rings. The summed E-state index contributed by atoms with van der Waals surface area (Å²) in [5, 5.41) is 17.7. The van der Waals surface area contributed by atoms with Crippen LogP contribution < -0.4 is 0 Å². The number of aromatic nitrogens is 2. The number of H-pyrrole nitrogens is 1. The largest absolute Gasteiger partial charge is 0.478 e. The Hall–Kier alpha value is -1.88. The minimum Gasteiger partial charge on any atom is -0.478 e. The van der Waals surface area contributed by atoms with Gasteiger partial charge in [0, 0.05) is 13.0 Å². The highest BCUT2D eigenvalue weighted by molar-refractivity contribution is 6.00. The van der Waals surface area contributed by atoms with E-state index in [4.69, 9.17) is 10.2 Å². The van der Waals surface area contributed by atoms with Crippen LogP contribution in [-0.2, 0) is 6.42 Å². The van der Waals surface area contributed by atoms with Crippen molar-refractivity contribution in [3.8, 4) is 0 Å². The Balaban J connectivity index is 2.30. The smallest absolute Gasteiger partial charge is 0.337 e. The van der Waals surface area contributed by atoms with Gasteiger partial charge in [-0.15, -0.1) is 0 Å². The predicted octanol–water partition coefficient (Wildman–Crippen LogP) is 1.58. The highest BCUT2D eigenvalue weighted by Gasteiger charge is 2.11. The third-order valence-electron chi connectivity index (χ3n) is 2.61. The van der Waals surface area contributed by atoms with Gasteiger partial charge in [-0.05, 0) is 25.0 Å². The van der Waals surface area contributed by atoms with E-state index in [0.717, 1.165) is 24.2 Å². The molecule has 5 heteroatoms. The molecule has 0 fully saturated rings. The number of aromatic carboxylic acids is 1. The van der Waals surface area contributed by atoms with Crippen LogP contribution in [0.15, 0.2) is 18.2 Å². The molecule has 0 aliphatic heterocycles. The van der Waals surface area contributed by atoms with Crippen LogP contribution in [0.25, 0.3) is 11.0 Å². The second kappa shape index (κ2) is 4.97. The van der Waals surface area contributed by atoms with Gasteiger partial charge >= 0.3 is 5.97 Å². The van der Waals surface area contributed by atoms with Gasteiger partial charge in [0.15, 0.2) is 0 Å². The number of nitrogens with zero attached hydrogens (tertiary/aromatic N) is 1. The summed E-state index contributed by atoms with van der Waals surface area (Å²) in [6.07, 6.45) is 2.27. The minimum atomic E-state index is -0.969. The Morgan fingerprint density at radius 3 is 2.88 bits per heavy atom. The standard InChI is InChI=1S/C12H14N2O3/c15-7-2-1-6-10-13-9-5-3-4-8(12(16)17)11(9)14-10/h3-5,15H,1-2,6-7H2,(H,13,14)(H,16,17). The number of rotatable bonds is 5. The van der Waals surface area contributed by atoms with Crippen molar-refractivity contribution in [2.45, 2.75) is 19.3 Å². The maximum atomic E-state index is 11.0. The van der Waals surface area contributed by atoms with Crippen molar-refractivity contribution in [2.24, 2.45) is 0 Å². The molecule has 0 saturated carbocycles. The van der Waals surface area contributed by atoms with Gasteiger partial charge in [-0.3, -0.25) is 0 Å². The first-order chi connectivity index (χ1) is 8.22. The Labute approximate surface area is 98.1 Å². The van der Waals surface area contributed by atoms with Crippen molar-refractivity contribution in [1.29, 1.82) is 0 Å². The number of unbranched alkanes of at least 4 members (excludes halogenated alkanes) is 1. The fourth-order valence-electron chi connectivity index (χ4n) is 1.78. The lowest BCUT2D eigenvalue weighted by atomic mass is 10.2. The van der Waals surface area contributed by atoms with Gasteiger partial charge in [-0.2, -0.15) is 0 Å². The Bertz CT molecular complexity index is 534. The van der Waals surface area contributed by atoms with E-state index in [2.05, 4.69) is 9.97 Å². The van der Waals surface area contributed by atoms with E-state index >= 15 is 0 Å². The van der Waals surface area contributed by atoms with Crippen molar-refractivity contribution < 1.29 is 15.0 Å². The first-order valence-corrected chi connectivity index (χ1v) is 5.54. The van der Waals surface area contributed by atoms with Gasteiger partial charge in [0.25, 0.3) is 0 Å². The molecule has 1 aromatic heterocycles. The van der Waals surface area contributed by atoms with E-state index in [9.17, 15) is 4.79 Å². The number of carbonyl (C=O) groups is 1. The fourth-order valence-corrected chi connectivity index (χ4v) is 1.78. The van der Waals surface area contributed by atoms with Crippen molar-refractivity contribution >= 4 is 17.0 Å². The van der Waals surface area contributed by atoms with Crippen LogP contribution in [-0.4, -0.2) is 32.8 Å². The summed E-state index contributed by atoms with van der Waals surface area (Å²) < 4.78 is 0. The van der Waals surface area contributed by atoms with Gasteiger partial charge in [0.1, 0.15) is 11.3 Å². The monoisotopic (exact) mass is 234 g/mol. The zero-order valence-corrected chi connectivity index (χ0v) is 9.31. The summed E-state index contributed by atoms with van der Waals surface area (Å²) in [6, 6.07) is 5.05. The van der Waals surface area contributed by atoms with Crippen LogP contribution in [0.2, 0.25) is 0 Å². The number of hydrogen-bond donors (Lipinski definition) is 3. The van der Waals surface area contributed by atoms with E-state index < -0.39 is 5.97 Å². The van der Waals surface area contributed by atoms with E-state index in [1.165, 1.54) is 0 Å². The molecule has 17 heavy (non-hydrogen) atoms. The number of aliphatic hydroxyl groups excluding tert-OH is 1. The SMILES string of the molecule is O=C(O)c1cccc2[nH]c(CCCCO)nc12. The van der Waals surface area contributed by atoms with Crippen LogP contribution in [0.1, 0.15) is 29.0 Å². The molecule has 0 bridgehead atoms. The van der Waals surface area contributed by atoms with Crippen molar-refractivity contribution in [2.75, 3.05) is 6.61 Å². The average molecular weight is 234 g/mol. The van der Waals surface area contributed by atoms with Crippen LogP contribution in [0.3, 0.4) is 0 Å². The topological polar surface area (TPSA) is 86.2 Å². The maximum absolute atomic E-state index is 11.0. The van der Waals surface area contributed by atoms with Crippen molar-refractivity contribution in [1.82, 2.24) is 9.97 Å². The lowest BCUT2D eigenvalue weighted by Crippen LogP contribution is -1.97. The van der Waals surface area contributed by atoms with Gasteiger partial charge < -0.3 is 15.2 Å². The number of hydrogen-bond acceptors (Lipinski definition) is 3. The van der Waals surface area contributed by atoms with Crippen LogP contribution in [0.5, 0.6) is 0 Å². The number of para-hydroxylation sites is 1. The molecule has 0 amide bonds. The van der Waals surface area contributed by atoms with E-state index in [-0.39, 0.29) is 12.2 Å². The molecule has 5 nitrogen and oxygen atoms in total. The first-order valence-electron chi connectivity index (χ1n) is 5.54. The molecule has 0 saturated heterocycles. The molecular weight excluding hydrogens is 220 g/mol. The molecule has 0 radical (unpaired) electrons. The second-order valence-corrected chi connectivity index (χ2v) is 3.87. The highest BCUT2D eigenvalue weighted by atomic mass is 16.4. The van der Waals surface area contributed by atoms with Crippen molar-refractivity contribution in [3.05, 3.63) is 29.6 Å². The lowest BCUT2D eigenvalue weighted by Gasteiger charge is -1.94. The predicted molar refractivity (Wildman–Crippen MR) is 63.1 cm³/mol. The zero-order valence-electron chi connectivity index (χ0n) is 9.31. The molecular formula is C12H14N2O3. The van der Waals surface area contributed by atoms with E-state index in [1.807, 2.05) is 6.07 Å². The fraction of sp³-hybridized carbons (Fsp3) is 0.333. The third-order valence-corrected chi connectivity index (χ3v) is 2.61. The van der Waals surface area contributed by atoms with Crippen LogP contribution in [0, 0.1) is 0 Å². The van der Waals surface area contributed by atoms with Crippen molar-refractivity contribution in [3.63, 3.8) is 0 Å². The number of nitrogens with one attached hydrogen (secondary N) is 1. The number of imidazole rings is 1. The minimum absolute atomic E-state index is 0.167. The summed E-state index contributed by atoms with van der Waals surface area (Å²) in [7, 11) is 0. The summed E-state index contributed by atoms with van der Waals surface area (Å²) in [5.74, 6) is -0.203. The third kappa shape index (κ3) is 2.45. The van der Waals surface area contributed by atoms with E-state index in [0.29, 0.717) is 11.9 Å². The maximum Gasteiger partial charge on any atom is 0.337 e. The Morgan fingerprint density at radius 1 is 1.35 bits per heavy atom. The van der Waals surface area contributed by atoms with E-state index in [1.54, 1.807) is 12.1 Å². The normalized spacial score (nSPS) is 10.9. The van der Waals surface area contributed by atoms with Gasteiger partial charge in [-0.25, -0.2) is 9.78 Å². The Kier molecular flexibility index (Phi) is 3.39. The molecule has 2 rings (SSSR count). The molecule has 0 aliphatic rings. The number of aliphatic hydroxyl groups is 1. The highest BCUT2D eigenvalue weighted by Crippen LogP contribution is 2.17. The number of carboxylic acid groups (broad SMARTS) is 1. The molecule has 1 aromatic carbocycles. The Morgan fingerprint density at radius 2 is 2.18 bits per heavy atom. The molecule has 1 heterocycles.